The van der Waals surface area contributed by atoms with E-state index in [0.717, 1.165) is 17.2 Å². The van der Waals surface area contributed by atoms with E-state index in [1.165, 1.54) is 24.0 Å². The standard InChI is InChI=1S/C22H16F2N6O2S/c23-16-6-5-14(9-17(16)24)32-18-10-15(33-20-3-1-2-8-26-20)12-28-22(18)29-19-7-4-13(11-27-19)21(25)30-31/h1-12,31H,(H2,25,30)(H,27,28,29). The molecule has 8 nitrogen and oxygen atoms in total. The number of hydrogen-bond acceptors (Lipinski definition) is 8. The van der Waals surface area contributed by atoms with Crippen molar-refractivity contribution in [3.05, 3.63) is 90.4 Å². The number of halogens is 2. The number of ether oxygens (including phenoxy) is 1. The van der Waals surface area contributed by atoms with E-state index in [4.69, 9.17) is 15.7 Å². The number of aromatic nitrogens is 3. The van der Waals surface area contributed by atoms with Gasteiger partial charge in [0, 0.05) is 41.2 Å². The van der Waals surface area contributed by atoms with Gasteiger partial charge in [0.05, 0.1) is 0 Å². The van der Waals surface area contributed by atoms with Crippen LogP contribution in [0.25, 0.3) is 0 Å². The Kier molecular flexibility index (Phi) is 6.60. The Balaban J connectivity index is 1.64. The van der Waals surface area contributed by atoms with Crippen LogP contribution in [0.5, 0.6) is 11.5 Å². The molecular formula is C22H16F2N6O2S. The second-order valence-electron chi connectivity index (χ2n) is 6.51. The summed E-state index contributed by atoms with van der Waals surface area (Å²) >= 11 is 1.36. The number of nitrogens with zero attached hydrogens (tertiary/aromatic N) is 4. The van der Waals surface area contributed by atoms with Gasteiger partial charge in [0.2, 0.25) is 0 Å². The number of nitrogens with two attached hydrogens (primary N) is 1. The van der Waals surface area contributed by atoms with Gasteiger partial charge in [-0.3, -0.25) is 0 Å². The fourth-order valence-electron chi connectivity index (χ4n) is 2.65. The summed E-state index contributed by atoms with van der Waals surface area (Å²) in [7, 11) is 0. The molecule has 0 radical (unpaired) electrons. The lowest BCUT2D eigenvalue weighted by Crippen LogP contribution is -2.13. The molecule has 0 unspecified atom stereocenters. The topological polar surface area (TPSA) is 119 Å². The number of amidine groups is 1. The molecule has 0 spiro atoms. The van der Waals surface area contributed by atoms with Crippen molar-refractivity contribution in [3.63, 3.8) is 0 Å². The quantitative estimate of drug-likeness (QED) is 0.152. The zero-order valence-electron chi connectivity index (χ0n) is 16.8. The van der Waals surface area contributed by atoms with E-state index in [-0.39, 0.29) is 23.2 Å². The molecule has 11 heteroatoms. The third kappa shape index (κ3) is 5.52. The first-order valence-corrected chi connectivity index (χ1v) is 10.3. The van der Waals surface area contributed by atoms with Crippen molar-refractivity contribution in [1.82, 2.24) is 15.0 Å². The Bertz CT molecular complexity index is 1290. The smallest absolute Gasteiger partial charge is 0.175 e. The van der Waals surface area contributed by atoms with Gasteiger partial charge in [-0.15, -0.1) is 0 Å². The van der Waals surface area contributed by atoms with Gasteiger partial charge in [0.15, 0.2) is 29.0 Å². The van der Waals surface area contributed by atoms with Crippen LogP contribution in [0.4, 0.5) is 20.4 Å². The normalized spacial score (nSPS) is 11.3. The Morgan fingerprint density at radius 3 is 2.58 bits per heavy atom. The van der Waals surface area contributed by atoms with Crippen LogP contribution in [0.3, 0.4) is 0 Å². The predicted molar refractivity (Wildman–Crippen MR) is 119 cm³/mol. The summed E-state index contributed by atoms with van der Waals surface area (Å²) < 4.78 is 32.8. The summed E-state index contributed by atoms with van der Waals surface area (Å²) in [5, 5.41) is 15.5. The highest BCUT2D eigenvalue weighted by atomic mass is 32.2. The molecule has 1 aromatic carbocycles. The summed E-state index contributed by atoms with van der Waals surface area (Å²) in [6.07, 6.45) is 4.71. The Labute approximate surface area is 191 Å². The second-order valence-corrected chi connectivity index (χ2v) is 7.60. The van der Waals surface area contributed by atoms with E-state index in [2.05, 4.69) is 25.4 Å². The maximum Gasteiger partial charge on any atom is 0.175 e. The van der Waals surface area contributed by atoms with Gasteiger partial charge in [-0.25, -0.2) is 23.7 Å². The highest BCUT2D eigenvalue weighted by Crippen LogP contribution is 2.35. The van der Waals surface area contributed by atoms with Gasteiger partial charge in [-0.1, -0.05) is 23.0 Å². The fourth-order valence-corrected chi connectivity index (χ4v) is 3.42. The van der Waals surface area contributed by atoms with Gasteiger partial charge >= 0.3 is 0 Å². The molecule has 0 aliphatic heterocycles. The zero-order valence-corrected chi connectivity index (χ0v) is 17.6. The molecule has 0 fully saturated rings. The summed E-state index contributed by atoms with van der Waals surface area (Å²) in [6, 6.07) is 13.7. The van der Waals surface area contributed by atoms with Gasteiger partial charge in [-0.2, -0.15) is 0 Å². The van der Waals surface area contributed by atoms with E-state index in [9.17, 15) is 8.78 Å². The third-order valence-corrected chi connectivity index (χ3v) is 5.13. The van der Waals surface area contributed by atoms with Crippen LogP contribution >= 0.6 is 11.8 Å². The van der Waals surface area contributed by atoms with Crippen molar-refractivity contribution < 1.29 is 18.7 Å². The van der Waals surface area contributed by atoms with Crippen LogP contribution in [-0.2, 0) is 0 Å². The molecule has 4 N–H and O–H groups in total. The molecule has 33 heavy (non-hydrogen) atoms. The first-order valence-electron chi connectivity index (χ1n) is 9.44. The zero-order chi connectivity index (χ0) is 23.2. The number of rotatable bonds is 7. The molecule has 3 heterocycles. The summed E-state index contributed by atoms with van der Waals surface area (Å²) in [6.45, 7) is 0. The molecule has 0 amide bonds. The van der Waals surface area contributed by atoms with E-state index < -0.39 is 11.6 Å². The van der Waals surface area contributed by atoms with Crippen molar-refractivity contribution in [2.24, 2.45) is 10.9 Å². The van der Waals surface area contributed by atoms with Crippen molar-refractivity contribution >= 4 is 29.2 Å². The maximum absolute atomic E-state index is 13.7. The van der Waals surface area contributed by atoms with E-state index in [0.29, 0.717) is 16.3 Å². The largest absolute Gasteiger partial charge is 0.453 e. The number of anilines is 2. The maximum atomic E-state index is 13.7. The molecule has 0 atom stereocenters. The lowest BCUT2D eigenvalue weighted by Gasteiger charge is -2.13. The molecule has 0 saturated carbocycles. The fraction of sp³-hybridized carbons (Fsp3) is 0. The van der Waals surface area contributed by atoms with Gasteiger partial charge in [0.1, 0.15) is 16.6 Å². The lowest BCUT2D eigenvalue weighted by molar-refractivity contribution is 0.318. The van der Waals surface area contributed by atoms with E-state index >= 15 is 0 Å². The molecule has 4 aromatic rings. The van der Waals surface area contributed by atoms with Crippen LogP contribution in [0.2, 0.25) is 0 Å². The van der Waals surface area contributed by atoms with E-state index in [1.54, 1.807) is 30.6 Å². The van der Waals surface area contributed by atoms with Crippen LogP contribution in [0, 0.1) is 11.6 Å². The Morgan fingerprint density at radius 2 is 1.88 bits per heavy atom. The monoisotopic (exact) mass is 466 g/mol. The molecule has 0 aliphatic carbocycles. The first kappa shape index (κ1) is 22.0. The lowest BCUT2D eigenvalue weighted by atomic mass is 10.2. The molecular weight excluding hydrogens is 450 g/mol. The minimum absolute atomic E-state index is 0.0783. The molecule has 0 saturated heterocycles. The molecule has 0 aliphatic rings. The number of oxime groups is 1. The minimum Gasteiger partial charge on any atom is -0.453 e. The van der Waals surface area contributed by atoms with Crippen LogP contribution < -0.4 is 15.8 Å². The number of hydrogen-bond donors (Lipinski definition) is 3. The van der Waals surface area contributed by atoms with Gasteiger partial charge in [-0.05, 0) is 36.4 Å². The Morgan fingerprint density at radius 1 is 1.00 bits per heavy atom. The number of nitrogens with one attached hydrogen (secondary N) is 1. The Hall–Kier alpha value is -4.25. The van der Waals surface area contributed by atoms with Crippen molar-refractivity contribution in [3.8, 4) is 11.5 Å². The van der Waals surface area contributed by atoms with Crippen LogP contribution in [0.15, 0.2) is 88.3 Å². The van der Waals surface area contributed by atoms with Crippen molar-refractivity contribution in [1.29, 1.82) is 0 Å². The second kappa shape index (κ2) is 9.92. The van der Waals surface area contributed by atoms with Gasteiger partial charge < -0.3 is 21.0 Å². The third-order valence-electron chi connectivity index (χ3n) is 4.22. The minimum atomic E-state index is -1.03. The molecule has 0 bridgehead atoms. The van der Waals surface area contributed by atoms with Crippen molar-refractivity contribution in [2.75, 3.05) is 5.32 Å². The predicted octanol–water partition coefficient (Wildman–Crippen LogP) is 4.93. The average Bonchev–Trinajstić information content (AvgIpc) is 2.84. The molecule has 3 aromatic heterocycles. The van der Waals surface area contributed by atoms with Crippen LogP contribution in [0.1, 0.15) is 5.56 Å². The molecule has 4 rings (SSSR count). The number of pyridine rings is 3. The average molecular weight is 466 g/mol. The summed E-state index contributed by atoms with van der Waals surface area (Å²) in [5.41, 5.74) is 5.98. The first-order chi connectivity index (χ1) is 16.0. The van der Waals surface area contributed by atoms with Crippen LogP contribution in [-0.4, -0.2) is 26.0 Å². The summed E-state index contributed by atoms with van der Waals surface area (Å²) in [4.78, 5) is 13.6. The number of benzene rings is 1. The summed E-state index contributed by atoms with van der Waals surface area (Å²) in [5.74, 6) is -1.06. The van der Waals surface area contributed by atoms with Crippen molar-refractivity contribution in [2.45, 2.75) is 9.92 Å². The van der Waals surface area contributed by atoms with Gasteiger partial charge in [0.25, 0.3) is 0 Å². The highest BCUT2D eigenvalue weighted by Gasteiger charge is 2.13. The van der Waals surface area contributed by atoms with E-state index in [1.807, 2.05) is 18.2 Å². The molecule has 166 valence electrons. The SMILES string of the molecule is N/C(=N\O)c1ccc(Nc2ncc(Sc3ccccn3)cc2Oc2ccc(F)c(F)c2)nc1. The highest BCUT2D eigenvalue weighted by molar-refractivity contribution is 7.99.